The normalized spacial score (nSPS) is 11.3. The highest BCUT2D eigenvalue weighted by atomic mass is 16.4. The van der Waals surface area contributed by atoms with Crippen LogP contribution in [0.1, 0.15) is 12.5 Å². The highest BCUT2D eigenvalue weighted by Crippen LogP contribution is 2.17. The van der Waals surface area contributed by atoms with Gasteiger partial charge in [-0.3, -0.25) is 4.79 Å². The topological polar surface area (TPSA) is 66.4 Å². The fourth-order valence-electron chi connectivity index (χ4n) is 1.81. The molecule has 0 unspecified atom stereocenters. The smallest absolute Gasteiger partial charge is 0.352 e. The van der Waals surface area contributed by atoms with Gasteiger partial charge in [-0.1, -0.05) is 36.4 Å². The summed E-state index contributed by atoms with van der Waals surface area (Å²) in [5.74, 6) is -1.57. The molecule has 2 rings (SSSR count). The molecule has 4 heteroatoms. The number of benzene rings is 2. The predicted octanol–water partition coefficient (Wildman–Crippen LogP) is 2.40. The van der Waals surface area contributed by atoms with E-state index in [1.54, 1.807) is 0 Å². The molecule has 0 atom stereocenters. The second-order valence-electron chi connectivity index (χ2n) is 4.15. The Hall–Kier alpha value is -2.62. The SMILES string of the molecule is CC(=O)NC(=Cc1ccc2ccccc2c1)C(=O)O. The average molecular weight is 255 g/mol. The van der Waals surface area contributed by atoms with Crippen LogP contribution in [-0.2, 0) is 9.59 Å². The van der Waals surface area contributed by atoms with Gasteiger partial charge in [-0.2, -0.15) is 0 Å². The first-order valence-electron chi connectivity index (χ1n) is 5.77. The van der Waals surface area contributed by atoms with Gasteiger partial charge in [0.05, 0.1) is 0 Å². The molecule has 0 heterocycles. The molecule has 4 nitrogen and oxygen atoms in total. The van der Waals surface area contributed by atoms with Crippen molar-refractivity contribution in [2.45, 2.75) is 6.92 Å². The van der Waals surface area contributed by atoms with Crippen LogP contribution in [0.2, 0.25) is 0 Å². The second kappa shape index (κ2) is 5.35. The molecule has 1 amide bonds. The van der Waals surface area contributed by atoms with E-state index in [1.165, 1.54) is 13.0 Å². The summed E-state index contributed by atoms with van der Waals surface area (Å²) in [6, 6.07) is 13.4. The maximum atomic E-state index is 11.0. The molecule has 0 saturated heterocycles. The number of carboxylic acids is 1. The summed E-state index contributed by atoms with van der Waals surface area (Å²) in [7, 11) is 0. The van der Waals surface area contributed by atoms with Crippen LogP contribution in [0.15, 0.2) is 48.2 Å². The van der Waals surface area contributed by atoms with Crippen molar-refractivity contribution in [2.75, 3.05) is 0 Å². The Bertz CT molecular complexity index is 674. The Kier molecular flexibility index (Phi) is 3.61. The van der Waals surface area contributed by atoms with E-state index in [-0.39, 0.29) is 5.70 Å². The first-order chi connectivity index (χ1) is 9.06. The maximum Gasteiger partial charge on any atom is 0.352 e. The Morgan fingerprint density at radius 3 is 2.42 bits per heavy atom. The van der Waals surface area contributed by atoms with Crippen molar-refractivity contribution in [1.82, 2.24) is 5.32 Å². The molecule has 96 valence electrons. The minimum atomic E-state index is -1.16. The number of carbonyl (C=O) groups is 2. The van der Waals surface area contributed by atoms with Crippen molar-refractivity contribution in [3.05, 3.63) is 53.7 Å². The fraction of sp³-hybridized carbons (Fsp3) is 0.0667. The second-order valence-corrected chi connectivity index (χ2v) is 4.15. The summed E-state index contributed by atoms with van der Waals surface area (Å²) in [6.45, 7) is 1.27. The lowest BCUT2D eigenvalue weighted by molar-refractivity contribution is -0.134. The van der Waals surface area contributed by atoms with Crippen LogP contribution in [0.5, 0.6) is 0 Å². The van der Waals surface area contributed by atoms with Crippen molar-refractivity contribution >= 4 is 28.7 Å². The van der Waals surface area contributed by atoms with Gasteiger partial charge < -0.3 is 10.4 Å². The van der Waals surface area contributed by atoms with Crippen molar-refractivity contribution in [1.29, 1.82) is 0 Å². The molecule has 0 aliphatic rings. The van der Waals surface area contributed by atoms with Gasteiger partial charge in [0.25, 0.3) is 0 Å². The minimum absolute atomic E-state index is 0.136. The number of carbonyl (C=O) groups excluding carboxylic acids is 1. The van der Waals surface area contributed by atoms with Gasteiger partial charge >= 0.3 is 5.97 Å². The van der Waals surface area contributed by atoms with Gasteiger partial charge in [0, 0.05) is 6.92 Å². The highest BCUT2D eigenvalue weighted by Gasteiger charge is 2.08. The molecule has 0 aliphatic carbocycles. The third kappa shape index (κ3) is 3.19. The molecule has 0 aromatic heterocycles. The molecular weight excluding hydrogens is 242 g/mol. The van der Waals surface area contributed by atoms with Gasteiger partial charge in [-0.25, -0.2) is 4.79 Å². The summed E-state index contributed by atoms with van der Waals surface area (Å²) >= 11 is 0. The Morgan fingerprint density at radius 2 is 1.79 bits per heavy atom. The molecule has 0 bridgehead atoms. The number of aliphatic carboxylic acids is 1. The van der Waals surface area contributed by atoms with E-state index >= 15 is 0 Å². The summed E-state index contributed by atoms with van der Waals surface area (Å²) in [4.78, 5) is 22.0. The molecule has 19 heavy (non-hydrogen) atoms. The van der Waals surface area contributed by atoms with Crippen LogP contribution >= 0.6 is 0 Å². The van der Waals surface area contributed by atoms with E-state index < -0.39 is 11.9 Å². The van der Waals surface area contributed by atoms with E-state index in [9.17, 15) is 9.59 Å². The summed E-state index contributed by atoms with van der Waals surface area (Å²) in [6.07, 6.45) is 1.44. The summed E-state index contributed by atoms with van der Waals surface area (Å²) in [5, 5.41) is 13.4. The number of fused-ring (bicyclic) bond motifs is 1. The van der Waals surface area contributed by atoms with Crippen molar-refractivity contribution in [2.24, 2.45) is 0 Å². The lowest BCUT2D eigenvalue weighted by Gasteiger charge is -2.04. The van der Waals surface area contributed by atoms with Crippen LogP contribution in [0.4, 0.5) is 0 Å². The Morgan fingerprint density at radius 1 is 1.11 bits per heavy atom. The zero-order valence-electron chi connectivity index (χ0n) is 10.4. The molecule has 0 spiro atoms. The number of hydrogen-bond acceptors (Lipinski definition) is 2. The maximum absolute atomic E-state index is 11.0. The number of hydrogen-bond donors (Lipinski definition) is 2. The van der Waals surface area contributed by atoms with E-state index in [0.717, 1.165) is 16.3 Å². The largest absolute Gasteiger partial charge is 0.477 e. The number of carboxylic acid groups (broad SMARTS) is 1. The zero-order chi connectivity index (χ0) is 13.8. The molecule has 0 radical (unpaired) electrons. The minimum Gasteiger partial charge on any atom is -0.477 e. The van der Waals surface area contributed by atoms with Crippen LogP contribution in [-0.4, -0.2) is 17.0 Å². The zero-order valence-corrected chi connectivity index (χ0v) is 10.4. The van der Waals surface area contributed by atoms with Crippen LogP contribution in [0.25, 0.3) is 16.8 Å². The summed E-state index contributed by atoms with van der Waals surface area (Å²) < 4.78 is 0. The van der Waals surface area contributed by atoms with E-state index in [1.807, 2.05) is 42.5 Å². The van der Waals surface area contributed by atoms with E-state index in [0.29, 0.717) is 0 Å². The van der Waals surface area contributed by atoms with Crippen LogP contribution < -0.4 is 5.32 Å². The molecule has 0 fully saturated rings. The third-order valence-corrected chi connectivity index (χ3v) is 2.63. The standard InChI is InChI=1S/C15H13NO3/c1-10(17)16-14(15(18)19)9-11-6-7-12-4-2-3-5-13(12)8-11/h2-9H,1H3,(H,16,17)(H,18,19). The van der Waals surface area contributed by atoms with Crippen molar-refractivity contribution in [3.63, 3.8) is 0 Å². The molecule has 0 saturated carbocycles. The van der Waals surface area contributed by atoms with Gasteiger partial charge in [0.1, 0.15) is 5.70 Å². The number of nitrogens with one attached hydrogen (secondary N) is 1. The molecule has 2 N–H and O–H groups in total. The Balaban J connectivity index is 2.42. The molecule has 0 aliphatic heterocycles. The molecule has 2 aromatic rings. The van der Waals surface area contributed by atoms with Crippen LogP contribution in [0.3, 0.4) is 0 Å². The molecular formula is C15H13NO3. The van der Waals surface area contributed by atoms with Gasteiger partial charge in [0.2, 0.25) is 5.91 Å². The average Bonchev–Trinajstić information content (AvgIpc) is 2.37. The number of rotatable bonds is 3. The van der Waals surface area contributed by atoms with Gasteiger partial charge in [0.15, 0.2) is 0 Å². The van der Waals surface area contributed by atoms with E-state index in [4.69, 9.17) is 5.11 Å². The lowest BCUT2D eigenvalue weighted by atomic mass is 10.1. The summed E-state index contributed by atoms with van der Waals surface area (Å²) in [5.41, 5.74) is 0.590. The molecule has 2 aromatic carbocycles. The lowest BCUT2D eigenvalue weighted by Crippen LogP contribution is -2.24. The number of amides is 1. The predicted molar refractivity (Wildman–Crippen MR) is 73.4 cm³/mol. The highest BCUT2D eigenvalue weighted by molar-refractivity contribution is 5.97. The van der Waals surface area contributed by atoms with E-state index in [2.05, 4.69) is 5.32 Å². The first-order valence-corrected chi connectivity index (χ1v) is 5.77. The fourth-order valence-corrected chi connectivity index (χ4v) is 1.81. The monoisotopic (exact) mass is 255 g/mol. The van der Waals surface area contributed by atoms with Crippen LogP contribution in [0, 0.1) is 0 Å². The van der Waals surface area contributed by atoms with Gasteiger partial charge in [-0.15, -0.1) is 0 Å². The Labute approximate surface area is 110 Å². The first kappa shape index (κ1) is 12.8. The van der Waals surface area contributed by atoms with Crippen molar-refractivity contribution < 1.29 is 14.7 Å². The third-order valence-electron chi connectivity index (χ3n) is 2.63. The quantitative estimate of drug-likeness (QED) is 0.828. The van der Waals surface area contributed by atoms with Crippen molar-refractivity contribution in [3.8, 4) is 0 Å². The van der Waals surface area contributed by atoms with Gasteiger partial charge in [-0.05, 0) is 28.5 Å².